The number of anilines is 2. The highest BCUT2D eigenvalue weighted by Gasteiger charge is 2.29. The Bertz CT molecular complexity index is 1360. The lowest BCUT2D eigenvalue weighted by Crippen LogP contribution is -2.35. The molecule has 0 saturated carbocycles. The van der Waals surface area contributed by atoms with Gasteiger partial charge in [-0.15, -0.1) is 0 Å². The molecule has 3 heterocycles. The van der Waals surface area contributed by atoms with Crippen LogP contribution in [0.3, 0.4) is 0 Å². The van der Waals surface area contributed by atoms with Gasteiger partial charge >= 0.3 is 0 Å². The number of benzene rings is 1. The minimum absolute atomic E-state index is 0.187. The summed E-state index contributed by atoms with van der Waals surface area (Å²) < 4.78 is 11.3. The maximum atomic E-state index is 13.1. The largest absolute Gasteiger partial charge is 0.489 e. The molecule has 0 aliphatic carbocycles. The van der Waals surface area contributed by atoms with Crippen molar-refractivity contribution in [3.8, 4) is 5.75 Å². The zero-order valence-electron chi connectivity index (χ0n) is 18.6. The lowest BCUT2D eigenvalue weighted by atomic mass is 10.0. The van der Waals surface area contributed by atoms with E-state index in [1.165, 1.54) is 24.1 Å². The van der Waals surface area contributed by atoms with Gasteiger partial charge < -0.3 is 19.5 Å². The number of methoxy groups -OCH3 is 1. The second-order valence-electron chi connectivity index (χ2n) is 7.31. The summed E-state index contributed by atoms with van der Waals surface area (Å²) in [6, 6.07) is 12.4. The summed E-state index contributed by atoms with van der Waals surface area (Å²) in [5.41, 5.74) is 1.03. The van der Waals surface area contributed by atoms with Crippen LogP contribution < -0.4 is 20.5 Å². The molecular weight excluding hydrogens is 460 g/mol. The minimum atomic E-state index is -0.653. The molecule has 3 aromatic heterocycles. The lowest BCUT2D eigenvalue weighted by molar-refractivity contribution is 0.101. The Morgan fingerprint density at radius 2 is 2.00 bits per heavy atom. The predicted molar refractivity (Wildman–Crippen MR) is 126 cm³/mol. The van der Waals surface area contributed by atoms with E-state index in [0.29, 0.717) is 16.4 Å². The van der Waals surface area contributed by atoms with E-state index in [1.54, 1.807) is 31.3 Å². The van der Waals surface area contributed by atoms with Crippen LogP contribution >= 0.6 is 11.6 Å². The van der Waals surface area contributed by atoms with E-state index < -0.39 is 17.5 Å². The number of nitrogens with one attached hydrogen (secondary N) is 1. The number of hydrogen-bond acceptors (Lipinski definition) is 8. The van der Waals surface area contributed by atoms with Gasteiger partial charge in [-0.05, 0) is 23.8 Å². The van der Waals surface area contributed by atoms with Gasteiger partial charge in [0.05, 0.1) is 19.0 Å². The molecule has 4 rings (SSSR count). The number of hydrogen-bond donors (Lipinski definition) is 1. The zero-order chi connectivity index (χ0) is 24.2. The molecule has 0 aliphatic heterocycles. The van der Waals surface area contributed by atoms with Crippen LogP contribution in [-0.2, 0) is 7.05 Å². The lowest BCUT2D eigenvalue weighted by Gasteiger charge is -2.31. The number of nitrogens with zero attached hydrogens (tertiary/aromatic N) is 5. The second kappa shape index (κ2) is 9.75. The Morgan fingerprint density at radius 3 is 2.65 bits per heavy atom. The quantitative estimate of drug-likeness (QED) is 0.428. The van der Waals surface area contributed by atoms with Crippen LogP contribution in [0.15, 0.2) is 70.4 Å². The summed E-state index contributed by atoms with van der Waals surface area (Å²) in [6.45, 7) is 0. The summed E-state index contributed by atoms with van der Waals surface area (Å²) in [7, 11) is 4.60. The zero-order valence-corrected chi connectivity index (χ0v) is 19.4. The van der Waals surface area contributed by atoms with Gasteiger partial charge in [0, 0.05) is 25.3 Å². The number of carbonyl (C=O) groups is 1. The molecule has 0 fully saturated rings. The normalized spacial score (nSPS) is 11.6. The van der Waals surface area contributed by atoms with Crippen LogP contribution in [-0.4, -0.2) is 39.8 Å². The van der Waals surface area contributed by atoms with Gasteiger partial charge in [0.25, 0.3) is 11.5 Å². The Morgan fingerprint density at radius 1 is 1.24 bits per heavy atom. The fraction of sp³-hybridized carbons (Fsp3) is 0.174. The van der Waals surface area contributed by atoms with Crippen molar-refractivity contribution in [2.75, 3.05) is 24.4 Å². The number of pyridine rings is 1. The molecule has 0 saturated heterocycles. The summed E-state index contributed by atoms with van der Waals surface area (Å²) in [5, 5.41) is 6.66. The summed E-state index contributed by atoms with van der Waals surface area (Å²) in [5.74, 6) is -0.642. The average Bonchev–Trinajstić information content (AvgIpc) is 3.35. The third-order valence-corrected chi connectivity index (χ3v) is 5.55. The molecule has 0 bridgehead atoms. The second-order valence-corrected chi connectivity index (χ2v) is 7.72. The molecule has 0 spiro atoms. The minimum Gasteiger partial charge on any atom is -0.489 e. The van der Waals surface area contributed by atoms with E-state index in [9.17, 15) is 9.59 Å². The Labute approximate surface area is 199 Å². The van der Waals surface area contributed by atoms with Gasteiger partial charge in [0.1, 0.15) is 18.0 Å². The number of ether oxygens (including phenoxy) is 1. The fourth-order valence-electron chi connectivity index (χ4n) is 3.60. The molecule has 34 heavy (non-hydrogen) atoms. The topological polar surface area (TPSA) is 115 Å². The summed E-state index contributed by atoms with van der Waals surface area (Å²) in [4.78, 5) is 36.9. The highest BCUT2D eigenvalue weighted by atomic mass is 35.5. The molecule has 4 aromatic rings. The third kappa shape index (κ3) is 4.35. The van der Waals surface area contributed by atoms with Crippen molar-refractivity contribution in [3.63, 3.8) is 0 Å². The molecule has 0 aliphatic rings. The van der Waals surface area contributed by atoms with Crippen LogP contribution in [0.1, 0.15) is 27.8 Å². The molecule has 174 valence electrons. The molecular formula is C23H21ClN6O4. The van der Waals surface area contributed by atoms with Crippen LogP contribution in [0.25, 0.3) is 0 Å². The van der Waals surface area contributed by atoms with Crippen LogP contribution in [0.5, 0.6) is 5.75 Å². The maximum Gasteiger partial charge on any atom is 0.297 e. The average molecular weight is 481 g/mol. The van der Waals surface area contributed by atoms with Gasteiger partial charge in [-0.2, -0.15) is 0 Å². The van der Waals surface area contributed by atoms with E-state index in [-0.39, 0.29) is 17.4 Å². The van der Waals surface area contributed by atoms with Crippen molar-refractivity contribution in [2.24, 2.45) is 7.05 Å². The molecule has 0 radical (unpaired) electrons. The van der Waals surface area contributed by atoms with Gasteiger partial charge in [-0.3, -0.25) is 19.1 Å². The number of amides is 1. The fourth-order valence-corrected chi connectivity index (χ4v) is 3.84. The first-order chi connectivity index (χ1) is 16.4. The summed E-state index contributed by atoms with van der Waals surface area (Å²) in [6.07, 6.45) is 4.26. The van der Waals surface area contributed by atoms with Crippen molar-refractivity contribution >= 4 is 29.1 Å². The first-order valence-electron chi connectivity index (χ1n) is 10.2. The number of halogens is 1. The Kier molecular flexibility index (Phi) is 6.60. The molecule has 10 nitrogen and oxygen atoms in total. The van der Waals surface area contributed by atoms with E-state index in [4.69, 9.17) is 20.9 Å². The van der Waals surface area contributed by atoms with Crippen molar-refractivity contribution in [3.05, 3.63) is 93.4 Å². The van der Waals surface area contributed by atoms with Crippen molar-refractivity contribution < 1.29 is 14.1 Å². The molecule has 1 unspecified atom stereocenters. The van der Waals surface area contributed by atoms with Crippen LogP contribution in [0.4, 0.5) is 11.6 Å². The highest BCUT2D eigenvalue weighted by Crippen LogP contribution is 2.34. The maximum absolute atomic E-state index is 13.1. The molecule has 1 amide bonds. The van der Waals surface area contributed by atoms with Crippen LogP contribution in [0, 0.1) is 0 Å². The predicted octanol–water partition coefficient (Wildman–Crippen LogP) is 3.30. The van der Waals surface area contributed by atoms with E-state index in [1.807, 2.05) is 36.4 Å². The molecule has 1 N–H and O–H groups in total. The Hall–Kier alpha value is -4.18. The van der Waals surface area contributed by atoms with Gasteiger partial charge in [0.15, 0.2) is 5.69 Å². The van der Waals surface area contributed by atoms with Gasteiger partial charge in [-0.1, -0.05) is 41.0 Å². The Balaban J connectivity index is 1.86. The number of rotatable bonds is 7. The van der Waals surface area contributed by atoms with Crippen molar-refractivity contribution in [2.45, 2.75) is 6.04 Å². The number of carbonyl (C=O) groups excluding carboxylic acids is 1. The third-order valence-electron chi connectivity index (χ3n) is 5.21. The molecule has 1 aromatic carbocycles. The highest BCUT2D eigenvalue weighted by molar-refractivity contribution is 6.31. The van der Waals surface area contributed by atoms with Crippen molar-refractivity contribution in [1.82, 2.24) is 19.7 Å². The van der Waals surface area contributed by atoms with Gasteiger partial charge in [0.2, 0.25) is 11.7 Å². The van der Waals surface area contributed by atoms with E-state index in [2.05, 4.69) is 20.4 Å². The summed E-state index contributed by atoms with van der Waals surface area (Å²) >= 11 is 6.54. The van der Waals surface area contributed by atoms with E-state index >= 15 is 0 Å². The monoisotopic (exact) mass is 480 g/mol. The van der Waals surface area contributed by atoms with Crippen LogP contribution in [0.2, 0.25) is 5.02 Å². The smallest absolute Gasteiger partial charge is 0.297 e. The molecule has 11 heteroatoms. The standard InChI is InChI=1S/C23H21ClN6O4/c1-29(19(17-10-6-7-11-25-17)15-8-4-5-9-16(15)24)23-28-18(20(33-3)22(32)30(23)2)21(31)27-14-12-26-34-13-14/h4-13,19H,1-3H3,(H,27,31). The number of aromatic nitrogens is 4. The van der Waals surface area contributed by atoms with E-state index in [0.717, 1.165) is 5.56 Å². The van der Waals surface area contributed by atoms with Gasteiger partial charge in [-0.25, -0.2) is 4.98 Å². The first kappa shape index (κ1) is 23.0. The van der Waals surface area contributed by atoms with Crippen molar-refractivity contribution in [1.29, 1.82) is 0 Å². The molecule has 1 atom stereocenters. The first-order valence-corrected chi connectivity index (χ1v) is 10.5. The SMILES string of the molecule is COc1c(C(=O)Nc2cnoc2)nc(N(C)C(c2ccccn2)c2ccccc2Cl)n(C)c1=O.